The van der Waals surface area contributed by atoms with Crippen LogP contribution in [0.15, 0.2) is 15.8 Å². The van der Waals surface area contributed by atoms with Crippen molar-refractivity contribution in [2.45, 2.75) is 52.4 Å². The van der Waals surface area contributed by atoms with Gasteiger partial charge in [-0.25, -0.2) is 4.79 Å². The zero-order valence-corrected chi connectivity index (χ0v) is 17.1. The summed E-state index contributed by atoms with van der Waals surface area (Å²) in [7, 11) is -2.09. The van der Waals surface area contributed by atoms with E-state index in [1.165, 1.54) is 10.8 Å². The quantitative estimate of drug-likeness (QED) is 0.431. The van der Waals surface area contributed by atoms with Crippen LogP contribution in [0.2, 0.25) is 0 Å². The molecule has 0 saturated carbocycles. The predicted octanol–water partition coefficient (Wildman–Crippen LogP) is 1.36. The summed E-state index contributed by atoms with van der Waals surface area (Å²) in [6, 6.07) is 0. The van der Waals surface area contributed by atoms with E-state index in [1.807, 2.05) is 0 Å². The van der Waals surface area contributed by atoms with Gasteiger partial charge in [-0.1, -0.05) is 6.92 Å². The molecule has 1 saturated heterocycles. The summed E-state index contributed by atoms with van der Waals surface area (Å²) in [4.78, 5) is 46.9. The number of hydrogen-bond donors (Lipinski definition) is 2. The lowest BCUT2D eigenvalue weighted by molar-refractivity contribution is -0.147. The molecule has 4 unspecified atom stereocenters. The van der Waals surface area contributed by atoms with Crippen molar-refractivity contribution in [2.75, 3.05) is 19.8 Å². The van der Waals surface area contributed by atoms with Crippen LogP contribution in [-0.4, -0.2) is 46.3 Å². The molecule has 158 valence electrons. The Morgan fingerprint density at radius 2 is 2.18 bits per heavy atom. The highest BCUT2D eigenvalue weighted by molar-refractivity contribution is 7.40. The number of aryl methyl sites for hydroxylation is 1. The summed E-state index contributed by atoms with van der Waals surface area (Å²) < 4.78 is 22.5. The largest absolute Gasteiger partial charge is 0.466 e. The van der Waals surface area contributed by atoms with Crippen LogP contribution in [0.5, 0.6) is 0 Å². The average Bonchev–Trinajstić information content (AvgIpc) is 3.12. The maximum absolute atomic E-state index is 11.9. The number of aromatic nitrogens is 2. The molecule has 1 aromatic rings. The normalized spacial score (nSPS) is 21.4. The van der Waals surface area contributed by atoms with E-state index in [4.69, 9.17) is 18.5 Å². The highest BCUT2D eigenvalue weighted by atomic mass is 31.2. The Labute approximate surface area is 163 Å². The molecule has 2 rings (SSSR count). The van der Waals surface area contributed by atoms with Crippen molar-refractivity contribution in [1.82, 2.24) is 9.55 Å². The molecule has 2 heterocycles. The Balaban J connectivity index is 1.71. The summed E-state index contributed by atoms with van der Waals surface area (Å²) in [6.45, 7) is 5.70. The molecule has 0 bridgehead atoms. The molecule has 1 aromatic heterocycles. The first-order chi connectivity index (χ1) is 13.3. The third-order valence-electron chi connectivity index (χ3n) is 4.35. The number of esters is 1. The van der Waals surface area contributed by atoms with Gasteiger partial charge in [0.15, 0.2) is 0 Å². The van der Waals surface area contributed by atoms with E-state index in [0.29, 0.717) is 31.4 Å². The van der Waals surface area contributed by atoms with Gasteiger partial charge in [0.25, 0.3) is 5.56 Å². The van der Waals surface area contributed by atoms with E-state index in [2.05, 4.69) is 4.98 Å². The van der Waals surface area contributed by atoms with Crippen LogP contribution in [0.3, 0.4) is 0 Å². The van der Waals surface area contributed by atoms with Crippen molar-refractivity contribution in [3.05, 3.63) is 32.6 Å². The van der Waals surface area contributed by atoms with Crippen LogP contribution >= 0.6 is 8.60 Å². The molecular formula is C17H27N2O8P. The molecule has 0 spiro atoms. The van der Waals surface area contributed by atoms with Gasteiger partial charge < -0.3 is 23.4 Å². The SMILES string of the molecule is CCOC(=O)C(C)CCOP(O)OCC1CCC(n2cc(C)c(=O)[nH]c2=O)O1. The van der Waals surface area contributed by atoms with Crippen molar-refractivity contribution in [3.8, 4) is 0 Å². The molecule has 1 aliphatic rings. The van der Waals surface area contributed by atoms with E-state index in [1.54, 1.807) is 20.8 Å². The monoisotopic (exact) mass is 418 g/mol. The summed E-state index contributed by atoms with van der Waals surface area (Å²) >= 11 is 0. The average molecular weight is 418 g/mol. The molecule has 1 fully saturated rings. The lowest BCUT2D eigenvalue weighted by Gasteiger charge is -2.17. The van der Waals surface area contributed by atoms with Gasteiger partial charge in [0.1, 0.15) is 6.23 Å². The maximum Gasteiger partial charge on any atom is 0.330 e. The number of carbonyl (C=O) groups is 1. The highest BCUT2D eigenvalue weighted by Gasteiger charge is 2.28. The summed E-state index contributed by atoms with van der Waals surface area (Å²) in [5.41, 5.74) is -0.516. The lowest BCUT2D eigenvalue weighted by atomic mass is 10.1. The second-order valence-electron chi connectivity index (χ2n) is 6.58. The van der Waals surface area contributed by atoms with Crippen LogP contribution in [0.25, 0.3) is 0 Å². The van der Waals surface area contributed by atoms with Gasteiger partial charge in [0.05, 0.1) is 31.8 Å². The van der Waals surface area contributed by atoms with Crippen molar-refractivity contribution in [2.24, 2.45) is 5.92 Å². The van der Waals surface area contributed by atoms with Gasteiger partial charge in [0, 0.05) is 11.8 Å². The Kier molecular flexibility index (Phi) is 8.78. The third kappa shape index (κ3) is 6.49. The number of carbonyl (C=O) groups excluding carboxylic acids is 1. The Morgan fingerprint density at radius 3 is 2.89 bits per heavy atom. The minimum absolute atomic E-state index is 0.114. The lowest BCUT2D eigenvalue weighted by Crippen LogP contribution is -2.33. The number of hydrogen-bond acceptors (Lipinski definition) is 8. The molecule has 1 aliphatic heterocycles. The first kappa shape index (κ1) is 22.7. The minimum Gasteiger partial charge on any atom is -0.466 e. The zero-order valence-electron chi connectivity index (χ0n) is 16.3. The van der Waals surface area contributed by atoms with Gasteiger partial charge >= 0.3 is 20.3 Å². The van der Waals surface area contributed by atoms with Crippen molar-refractivity contribution in [1.29, 1.82) is 0 Å². The predicted molar refractivity (Wildman–Crippen MR) is 101 cm³/mol. The smallest absolute Gasteiger partial charge is 0.330 e. The van der Waals surface area contributed by atoms with Gasteiger partial charge in [-0.3, -0.25) is 19.1 Å². The molecule has 0 radical (unpaired) electrons. The number of H-pyrrole nitrogens is 1. The minimum atomic E-state index is -2.09. The van der Waals surface area contributed by atoms with E-state index in [9.17, 15) is 19.3 Å². The van der Waals surface area contributed by atoms with Crippen molar-refractivity contribution in [3.63, 3.8) is 0 Å². The number of rotatable bonds is 10. The number of ether oxygens (including phenoxy) is 2. The summed E-state index contributed by atoms with van der Waals surface area (Å²) in [6.07, 6.45) is 2.31. The van der Waals surface area contributed by atoms with Gasteiger partial charge in [-0.2, -0.15) is 0 Å². The molecular weight excluding hydrogens is 391 g/mol. The molecule has 2 N–H and O–H groups in total. The van der Waals surface area contributed by atoms with Crippen LogP contribution in [0.4, 0.5) is 0 Å². The Bertz CT molecular complexity index is 764. The second-order valence-corrected chi connectivity index (χ2v) is 7.57. The van der Waals surface area contributed by atoms with Gasteiger partial charge in [0.2, 0.25) is 0 Å². The van der Waals surface area contributed by atoms with E-state index >= 15 is 0 Å². The zero-order chi connectivity index (χ0) is 20.7. The van der Waals surface area contributed by atoms with Crippen LogP contribution < -0.4 is 11.2 Å². The second kappa shape index (κ2) is 10.8. The molecule has 11 heteroatoms. The standard InChI is InChI=1S/C17H27N2O8P/c1-4-24-16(21)11(2)7-8-25-28(23)26-10-13-5-6-14(27-13)19-9-12(3)15(20)18-17(19)22/h9,11,13-14,23H,4-8,10H2,1-3H3,(H,18,20,22). The third-order valence-corrected chi connectivity index (χ3v) is 5.13. The van der Waals surface area contributed by atoms with Gasteiger partial charge in [-0.15, -0.1) is 0 Å². The van der Waals surface area contributed by atoms with Crippen LogP contribution in [0.1, 0.15) is 44.9 Å². The molecule has 4 atom stereocenters. The fourth-order valence-electron chi connectivity index (χ4n) is 2.71. The first-order valence-corrected chi connectivity index (χ1v) is 10.3. The summed E-state index contributed by atoms with van der Waals surface area (Å²) in [5.74, 6) is -0.617. The molecule has 0 amide bonds. The number of nitrogens with one attached hydrogen (secondary N) is 1. The van der Waals surface area contributed by atoms with E-state index in [0.717, 1.165) is 0 Å². The Morgan fingerprint density at radius 1 is 1.43 bits per heavy atom. The molecule has 10 nitrogen and oxygen atoms in total. The number of aromatic amines is 1. The highest BCUT2D eigenvalue weighted by Crippen LogP contribution is 2.36. The van der Waals surface area contributed by atoms with Gasteiger partial charge in [-0.05, 0) is 33.1 Å². The first-order valence-electron chi connectivity index (χ1n) is 9.20. The topological polar surface area (TPSA) is 129 Å². The van der Waals surface area contributed by atoms with E-state index in [-0.39, 0.29) is 31.2 Å². The summed E-state index contributed by atoms with van der Waals surface area (Å²) in [5, 5.41) is 0. The van der Waals surface area contributed by atoms with Crippen molar-refractivity contribution < 1.29 is 28.2 Å². The molecule has 0 aliphatic carbocycles. The molecule has 28 heavy (non-hydrogen) atoms. The fourth-order valence-corrected chi connectivity index (χ4v) is 3.34. The number of nitrogens with zero attached hydrogens (tertiary/aromatic N) is 1. The Hall–Kier alpha value is -1.58. The maximum atomic E-state index is 11.9. The fraction of sp³-hybridized carbons (Fsp3) is 0.706. The molecule has 0 aromatic carbocycles. The van der Waals surface area contributed by atoms with Crippen molar-refractivity contribution >= 4 is 14.6 Å². The van der Waals surface area contributed by atoms with E-state index < -0.39 is 26.1 Å². The van der Waals surface area contributed by atoms with Crippen LogP contribution in [-0.2, 0) is 23.3 Å². The van der Waals surface area contributed by atoms with Crippen LogP contribution in [0, 0.1) is 12.8 Å².